The Labute approximate surface area is 126 Å². The van der Waals surface area contributed by atoms with E-state index in [0.717, 1.165) is 15.7 Å². The quantitative estimate of drug-likeness (QED) is 0.642. The molecule has 5 heteroatoms. The van der Waals surface area contributed by atoms with Gasteiger partial charge in [0.05, 0.1) is 4.92 Å². The molecular weight excluding hydrogens is 320 g/mol. The zero-order valence-corrected chi connectivity index (χ0v) is 12.8. The number of anilines is 1. The first-order chi connectivity index (χ1) is 9.47. The molecule has 2 aromatic rings. The van der Waals surface area contributed by atoms with Crippen LogP contribution in [0.2, 0.25) is 0 Å². The van der Waals surface area contributed by atoms with Crippen LogP contribution in [0.3, 0.4) is 0 Å². The third kappa shape index (κ3) is 3.36. The molecule has 104 valence electrons. The maximum absolute atomic E-state index is 10.8. The minimum Gasteiger partial charge on any atom is -0.379 e. The maximum atomic E-state index is 10.8. The van der Waals surface area contributed by atoms with E-state index in [-0.39, 0.29) is 16.7 Å². The van der Waals surface area contributed by atoms with Gasteiger partial charge in [0.15, 0.2) is 0 Å². The van der Waals surface area contributed by atoms with Crippen molar-refractivity contribution in [3.63, 3.8) is 0 Å². The summed E-state index contributed by atoms with van der Waals surface area (Å²) in [6, 6.07) is 13.3. The third-order valence-corrected chi connectivity index (χ3v) is 3.68. The van der Waals surface area contributed by atoms with Gasteiger partial charge in [-0.3, -0.25) is 10.1 Å². The van der Waals surface area contributed by atoms with Crippen molar-refractivity contribution < 1.29 is 4.92 Å². The van der Waals surface area contributed by atoms with Gasteiger partial charge in [0.1, 0.15) is 0 Å². The molecule has 0 aliphatic carbocycles. The Morgan fingerprint density at radius 2 is 1.85 bits per heavy atom. The highest BCUT2D eigenvalue weighted by Gasteiger charge is 2.11. The van der Waals surface area contributed by atoms with Crippen LogP contribution in [0.5, 0.6) is 0 Å². The number of hydrogen-bond acceptors (Lipinski definition) is 3. The maximum Gasteiger partial charge on any atom is 0.272 e. The van der Waals surface area contributed by atoms with Crippen LogP contribution in [0.25, 0.3) is 0 Å². The molecule has 0 heterocycles. The second-order valence-electron chi connectivity index (χ2n) is 4.68. The van der Waals surface area contributed by atoms with E-state index in [2.05, 4.69) is 28.2 Å². The lowest BCUT2D eigenvalue weighted by atomic mass is 10.1. The van der Waals surface area contributed by atoms with Crippen LogP contribution in [0.4, 0.5) is 11.4 Å². The van der Waals surface area contributed by atoms with E-state index in [0.29, 0.717) is 5.56 Å². The first-order valence-electron chi connectivity index (χ1n) is 6.24. The van der Waals surface area contributed by atoms with Crippen molar-refractivity contribution in [2.24, 2.45) is 0 Å². The average molecular weight is 335 g/mol. The fourth-order valence-corrected chi connectivity index (χ4v) is 2.30. The van der Waals surface area contributed by atoms with Crippen molar-refractivity contribution in [2.45, 2.75) is 19.9 Å². The summed E-state index contributed by atoms with van der Waals surface area (Å²) in [4.78, 5) is 10.4. The molecule has 0 aromatic heterocycles. The molecule has 2 aromatic carbocycles. The Balaban J connectivity index is 2.15. The van der Waals surface area contributed by atoms with Crippen LogP contribution in [-0.2, 0) is 0 Å². The second-order valence-corrected chi connectivity index (χ2v) is 5.59. The SMILES string of the molecule is Cc1cc(NC(C)c2ccc(Br)cc2)ccc1[N+](=O)[O-]. The van der Waals surface area contributed by atoms with Crippen LogP contribution in [-0.4, -0.2) is 4.92 Å². The number of rotatable bonds is 4. The van der Waals surface area contributed by atoms with Crippen molar-refractivity contribution in [1.82, 2.24) is 0 Å². The number of nitrogens with zero attached hydrogens (tertiary/aromatic N) is 1. The van der Waals surface area contributed by atoms with Gasteiger partial charge < -0.3 is 5.32 Å². The molecule has 2 rings (SSSR count). The van der Waals surface area contributed by atoms with E-state index in [4.69, 9.17) is 0 Å². The highest BCUT2D eigenvalue weighted by Crippen LogP contribution is 2.25. The lowest BCUT2D eigenvalue weighted by Gasteiger charge is -2.16. The van der Waals surface area contributed by atoms with Gasteiger partial charge in [-0.25, -0.2) is 0 Å². The van der Waals surface area contributed by atoms with E-state index >= 15 is 0 Å². The summed E-state index contributed by atoms with van der Waals surface area (Å²) in [5.74, 6) is 0. The summed E-state index contributed by atoms with van der Waals surface area (Å²) in [7, 11) is 0. The number of halogens is 1. The molecule has 4 nitrogen and oxygen atoms in total. The van der Waals surface area contributed by atoms with Gasteiger partial charge in [0.2, 0.25) is 0 Å². The number of benzene rings is 2. The van der Waals surface area contributed by atoms with Gasteiger partial charge in [0, 0.05) is 27.8 Å². The summed E-state index contributed by atoms with van der Waals surface area (Å²) < 4.78 is 1.04. The Morgan fingerprint density at radius 1 is 1.20 bits per heavy atom. The van der Waals surface area contributed by atoms with E-state index in [1.54, 1.807) is 19.1 Å². The summed E-state index contributed by atoms with van der Waals surface area (Å²) in [6.07, 6.45) is 0. The number of nitro benzene ring substituents is 1. The molecule has 0 saturated heterocycles. The molecule has 0 fully saturated rings. The monoisotopic (exact) mass is 334 g/mol. The summed E-state index contributed by atoms with van der Waals surface area (Å²) in [5.41, 5.74) is 2.84. The fourth-order valence-electron chi connectivity index (χ4n) is 2.03. The van der Waals surface area contributed by atoms with Crippen LogP contribution < -0.4 is 5.32 Å². The average Bonchev–Trinajstić information content (AvgIpc) is 2.39. The van der Waals surface area contributed by atoms with Crippen LogP contribution in [0.1, 0.15) is 24.1 Å². The van der Waals surface area contributed by atoms with Gasteiger partial charge in [-0.05, 0) is 43.7 Å². The molecule has 0 aliphatic heterocycles. The van der Waals surface area contributed by atoms with Crippen molar-refractivity contribution >= 4 is 27.3 Å². The Hall–Kier alpha value is -1.88. The zero-order chi connectivity index (χ0) is 14.7. The lowest BCUT2D eigenvalue weighted by molar-refractivity contribution is -0.385. The number of aryl methyl sites for hydroxylation is 1. The van der Waals surface area contributed by atoms with Gasteiger partial charge in [-0.1, -0.05) is 28.1 Å². The normalized spacial score (nSPS) is 11.9. The van der Waals surface area contributed by atoms with Gasteiger partial charge in [-0.2, -0.15) is 0 Å². The number of nitro groups is 1. The molecule has 1 unspecified atom stereocenters. The van der Waals surface area contributed by atoms with Crippen molar-refractivity contribution in [1.29, 1.82) is 0 Å². The Morgan fingerprint density at radius 3 is 2.40 bits per heavy atom. The minimum atomic E-state index is -0.364. The standard InChI is InChI=1S/C15H15BrN2O2/c1-10-9-14(7-8-15(10)18(19)20)17-11(2)12-3-5-13(16)6-4-12/h3-9,11,17H,1-2H3. The summed E-state index contributed by atoms with van der Waals surface area (Å²) >= 11 is 3.41. The van der Waals surface area contributed by atoms with Gasteiger partial charge >= 0.3 is 0 Å². The molecular formula is C15H15BrN2O2. The van der Waals surface area contributed by atoms with E-state index < -0.39 is 0 Å². The smallest absolute Gasteiger partial charge is 0.272 e. The lowest BCUT2D eigenvalue weighted by Crippen LogP contribution is -2.06. The van der Waals surface area contributed by atoms with E-state index in [1.807, 2.05) is 24.3 Å². The second kappa shape index (κ2) is 6.05. The fraction of sp³-hybridized carbons (Fsp3) is 0.200. The third-order valence-electron chi connectivity index (χ3n) is 3.15. The van der Waals surface area contributed by atoms with E-state index in [1.165, 1.54) is 6.07 Å². The van der Waals surface area contributed by atoms with Crippen molar-refractivity contribution in [2.75, 3.05) is 5.32 Å². The minimum absolute atomic E-state index is 0.129. The van der Waals surface area contributed by atoms with Gasteiger partial charge in [-0.15, -0.1) is 0 Å². The molecule has 1 atom stereocenters. The predicted molar refractivity (Wildman–Crippen MR) is 84.0 cm³/mol. The van der Waals surface area contributed by atoms with Gasteiger partial charge in [0.25, 0.3) is 5.69 Å². The Bertz CT molecular complexity index is 626. The molecule has 20 heavy (non-hydrogen) atoms. The highest BCUT2D eigenvalue weighted by molar-refractivity contribution is 9.10. The zero-order valence-electron chi connectivity index (χ0n) is 11.3. The first kappa shape index (κ1) is 14.5. The summed E-state index contributed by atoms with van der Waals surface area (Å²) in [6.45, 7) is 3.80. The van der Waals surface area contributed by atoms with Crippen LogP contribution >= 0.6 is 15.9 Å². The molecule has 0 radical (unpaired) electrons. The van der Waals surface area contributed by atoms with Crippen LogP contribution in [0, 0.1) is 17.0 Å². The molecule has 0 amide bonds. The molecule has 0 spiro atoms. The number of nitrogens with one attached hydrogen (secondary N) is 1. The first-order valence-corrected chi connectivity index (χ1v) is 7.03. The molecule has 0 saturated carbocycles. The number of hydrogen-bond donors (Lipinski definition) is 1. The highest BCUT2D eigenvalue weighted by atomic mass is 79.9. The molecule has 0 aliphatic rings. The Kier molecular flexibility index (Phi) is 4.39. The topological polar surface area (TPSA) is 55.2 Å². The molecule has 1 N–H and O–H groups in total. The molecule has 0 bridgehead atoms. The summed E-state index contributed by atoms with van der Waals surface area (Å²) in [5, 5.41) is 14.1. The van der Waals surface area contributed by atoms with Crippen molar-refractivity contribution in [3.8, 4) is 0 Å². The van der Waals surface area contributed by atoms with Crippen molar-refractivity contribution in [3.05, 3.63) is 68.2 Å². The largest absolute Gasteiger partial charge is 0.379 e. The predicted octanol–water partition coefficient (Wildman–Crippen LogP) is 4.84. The van der Waals surface area contributed by atoms with E-state index in [9.17, 15) is 10.1 Å². The van der Waals surface area contributed by atoms with Crippen LogP contribution in [0.15, 0.2) is 46.9 Å².